The van der Waals surface area contributed by atoms with Crippen LogP contribution >= 0.6 is 11.3 Å². The molecule has 0 atom stereocenters. The largest absolute Gasteiger partial charge is 0.310 e. The van der Waals surface area contributed by atoms with Crippen molar-refractivity contribution in [3.63, 3.8) is 0 Å². The molecule has 0 bridgehead atoms. The lowest BCUT2D eigenvalue weighted by Crippen LogP contribution is -2.09. The average molecular weight is 628 g/mol. The quantitative estimate of drug-likeness (QED) is 0.176. The molecule has 0 amide bonds. The van der Waals surface area contributed by atoms with Crippen LogP contribution in [0.25, 0.3) is 74.4 Å². The van der Waals surface area contributed by atoms with Gasteiger partial charge in [0.2, 0.25) is 0 Å². The van der Waals surface area contributed by atoms with Gasteiger partial charge in [0.25, 0.3) is 0 Å². The lowest BCUT2D eigenvalue weighted by atomic mass is 9.95. The first kappa shape index (κ1) is 27.2. The molecule has 0 N–H and O–H groups in total. The van der Waals surface area contributed by atoms with E-state index in [2.05, 4.69) is 181 Å². The Labute approximate surface area is 282 Å². The maximum Gasteiger partial charge on any atom is 0.0468 e. The van der Waals surface area contributed by atoms with E-state index in [-0.39, 0.29) is 0 Å². The van der Waals surface area contributed by atoms with Gasteiger partial charge in [-0.25, -0.2) is 0 Å². The number of para-hydroxylation sites is 1. The van der Waals surface area contributed by atoms with Gasteiger partial charge in [0.1, 0.15) is 0 Å². The van der Waals surface area contributed by atoms with Crippen LogP contribution in [-0.2, 0) is 0 Å². The topological polar surface area (TPSA) is 3.24 Å². The third-order valence-electron chi connectivity index (χ3n) is 9.81. The Bertz CT molecular complexity index is 2830. The van der Waals surface area contributed by atoms with Gasteiger partial charge in [0.15, 0.2) is 0 Å². The molecule has 10 rings (SSSR count). The van der Waals surface area contributed by atoms with Gasteiger partial charge >= 0.3 is 0 Å². The maximum atomic E-state index is 2.36. The van der Waals surface area contributed by atoms with Gasteiger partial charge in [0.05, 0.1) is 0 Å². The third-order valence-corrected chi connectivity index (χ3v) is 11.0. The number of anilines is 3. The third kappa shape index (κ3) is 4.31. The van der Waals surface area contributed by atoms with Crippen LogP contribution in [0.1, 0.15) is 0 Å². The second-order valence-electron chi connectivity index (χ2n) is 12.5. The Morgan fingerprint density at radius 3 is 1.75 bits per heavy atom. The smallest absolute Gasteiger partial charge is 0.0468 e. The Kier molecular flexibility index (Phi) is 6.12. The summed E-state index contributed by atoms with van der Waals surface area (Å²) in [7, 11) is 0. The summed E-state index contributed by atoms with van der Waals surface area (Å²) in [5, 5.41) is 13.0. The summed E-state index contributed by atoms with van der Waals surface area (Å²) >= 11 is 1.87. The van der Waals surface area contributed by atoms with Crippen LogP contribution in [0.15, 0.2) is 176 Å². The molecule has 2 heteroatoms. The molecule has 1 aromatic heterocycles. The normalized spacial score (nSPS) is 11.8. The molecule has 0 saturated heterocycles. The SMILES string of the molecule is c1ccc(N(c2ccc(-c3ccc4c(ccc5c6ccccc6ccc45)c3)cc2)c2ccc3c(ccc4sc5ccccc5c43)c2)cc1. The average Bonchev–Trinajstić information content (AvgIpc) is 3.54. The van der Waals surface area contributed by atoms with Crippen LogP contribution in [0.5, 0.6) is 0 Å². The number of hydrogen-bond donors (Lipinski definition) is 0. The van der Waals surface area contributed by atoms with E-state index in [1.165, 1.54) is 74.4 Å². The van der Waals surface area contributed by atoms with Crippen molar-refractivity contribution in [1.29, 1.82) is 0 Å². The van der Waals surface area contributed by atoms with E-state index in [1.54, 1.807) is 0 Å². The Morgan fingerprint density at radius 1 is 0.312 bits per heavy atom. The summed E-state index contributed by atoms with van der Waals surface area (Å²) in [4.78, 5) is 2.36. The number of fused-ring (bicyclic) bond motifs is 10. The van der Waals surface area contributed by atoms with Crippen molar-refractivity contribution in [3.05, 3.63) is 176 Å². The highest BCUT2D eigenvalue weighted by atomic mass is 32.1. The van der Waals surface area contributed by atoms with E-state index in [9.17, 15) is 0 Å². The molecule has 224 valence electrons. The number of hydrogen-bond acceptors (Lipinski definition) is 2. The van der Waals surface area contributed by atoms with Crippen LogP contribution < -0.4 is 4.90 Å². The predicted molar refractivity (Wildman–Crippen MR) is 209 cm³/mol. The van der Waals surface area contributed by atoms with E-state index in [0.29, 0.717) is 0 Å². The molecule has 0 spiro atoms. The lowest BCUT2D eigenvalue weighted by Gasteiger charge is -2.26. The molecule has 0 aliphatic rings. The van der Waals surface area contributed by atoms with Crippen molar-refractivity contribution < 1.29 is 0 Å². The van der Waals surface area contributed by atoms with Crippen LogP contribution in [-0.4, -0.2) is 0 Å². The second kappa shape index (κ2) is 10.8. The molecule has 0 aliphatic carbocycles. The minimum Gasteiger partial charge on any atom is -0.310 e. The van der Waals surface area contributed by atoms with Gasteiger partial charge in [-0.05, 0) is 109 Å². The molecule has 1 heterocycles. The minimum absolute atomic E-state index is 1.13. The fourth-order valence-electron chi connectivity index (χ4n) is 7.52. The molecule has 0 saturated carbocycles. The van der Waals surface area contributed by atoms with E-state index in [0.717, 1.165) is 17.1 Å². The van der Waals surface area contributed by atoms with E-state index in [1.807, 2.05) is 11.3 Å². The molecule has 10 aromatic rings. The van der Waals surface area contributed by atoms with Gasteiger partial charge in [-0.15, -0.1) is 11.3 Å². The molecular weight excluding hydrogens is 599 g/mol. The fraction of sp³-hybridized carbons (Fsp3) is 0. The van der Waals surface area contributed by atoms with Crippen molar-refractivity contribution in [2.24, 2.45) is 0 Å². The zero-order valence-corrected chi connectivity index (χ0v) is 26.9. The first-order chi connectivity index (χ1) is 23.8. The number of benzene rings is 9. The number of nitrogens with zero attached hydrogens (tertiary/aromatic N) is 1. The minimum atomic E-state index is 1.13. The van der Waals surface area contributed by atoms with Crippen molar-refractivity contribution in [2.45, 2.75) is 0 Å². The summed E-state index contributed by atoms with van der Waals surface area (Å²) in [6.45, 7) is 0. The summed E-state index contributed by atoms with van der Waals surface area (Å²) < 4.78 is 2.67. The van der Waals surface area contributed by atoms with E-state index >= 15 is 0 Å². The Hall–Kier alpha value is -5.96. The van der Waals surface area contributed by atoms with Crippen molar-refractivity contribution >= 4 is 91.7 Å². The summed E-state index contributed by atoms with van der Waals surface area (Å²) in [6.07, 6.45) is 0. The molecule has 0 unspecified atom stereocenters. The monoisotopic (exact) mass is 627 g/mol. The van der Waals surface area contributed by atoms with Gasteiger partial charge in [-0.2, -0.15) is 0 Å². The molecular formula is C46H29NS. The van der Waals surface area contributed by atoms with Crippen LogP contribution in [0, 0.1) is 0 Å². The van der Waals surface area contributed by atoms with E-state index < -0.39 is 0 Å². The molecule has 0 radical (unpaired) electrons. The van der Waals surface area contributed by atoms with Crippen molar-refractivity contribution in [2.75, 3.05) is 4.90 Å². The highest BCUT2D eigenvalue weighted by Crippen LogP contribution is 2.42. The highest BCUT2D eigenvalue weighted by Gasteiger charge is 2.15. The molecule has 9 aromatic carbocycles. The van der Waals surface area contributed by atoms with Crippen LogP contribution in [0.3, 0.4) is 0 Å². The zero-order chi connectivity index (χ0) is 31.6. The Balaban J connectivity index is 1.05. The molecule has 0 aliphatic heterocycles. The standard InChI is InChI=1S/C46H29NS/c1-2-9-35(10-3-1)47(37-22-26-40-34(29-37)19-27-45-46(40)43-12-6-7-13-44(43)48-45)36-20-14-30(15-21-36)32-17-23-39-33(28-32)18-25-41-38-11-5-4-8-31(38)16-24-42(39)41/h1-29H. The first-order valence-corrected chi connectivity index (χ1v) is 17.2. The van der Waals surface area contributed by atoms with E-state index in [4.69, 9.17) is 0 Å². The fourth-order valence-corrected chi connectivity index (χ4v) is 8.64. The highest BCUT2D eigenvalue weighted by molar-refractivity contribution is 7.26. The van der Waals surface area contributed by atoms with Gasteiger partial charge in [-0.1, -0.05) is 121 Å². The van der Waals surface area contributed by atoms with Gasteiger partial charge in [0, 0.05) is 37.2 Å². The molecule has 0 fully saturated rings. The van der Waals surface area contributed by atoms with Crippen molar-refractivity contribution in [3.8, 4) is 11.1 Å². The first-order valence-electron chi connectivity index (χ1n) is 16.4. The van der Waals surface area contributed by atoms with Crippen LogP contribution in [0.4, 0.5) is 17.1 Å². The maximum absolute atomic E-state index is 2.36. The predicted octanol–water partition coefficient (Wildman–Crippen LogP) is 13.8. The Morgan fingerprint density at radius 2 is 0.896 bits per heavy atom. The van der Waals surface area contributed by atoms with Crippen molar-refractivity contribution in [1.82, 2.24) is 0 Å². The number of rotatable bonds is 4. The van der Waals surface area contributed by atoms with Crippen LogP contribution in [0.2, 0.25) is 0 Å². The summed E-state index contributed by atoms with van der Waals surface area (Å²) in [6, 6.07) is 64.5. The lowest BCUT2D eigenvalue weighted by molar-refractivity contribution is 1.29. The second-order valence-corrected chi connectivity index (χ2v) is 13.6. The van der Waals surface area contributed by atoms with Gasteiger partial charge in [-0.3, -0.25) is 0 Å². The molecule has 48 heavy (non-hydrogen) atoms. The van der Waals surface area contributed by atoms with Gasteiger partial charge < -0.3 is 4.90 Å². The summed E-state index contributed by atoms with van der Waals surface area (Å²) in [5.74, 6) is 0. The number of thiophene rings is 1. The zero-order valence-electron chi connectivity index (χ0n) is 26.1. The summed E-state index contributed by atoms with van der Waals surface area (Å²) in [5.41, 5.74) is 5.84. The molecule has 1 nitrogen and oxygen atoms in total.